The summed E-state index contributed by atoms with van der Waals surface area (Å²) in [6.07, 6.45) is 0.988. The van der Waals surface area contributed by atoms with Crippen LogP contribution in [0.4, 0.5) is 11.4 Å². The van der Waals surface area contributed by atoms with Crippen LogP contribution in [0.1, 0.15) is 30.5 Å². The Morgan fingerprint density at radius 2 is 1.56 bits per heavy atom. The van der Waals surface area contributed by atoms with Gasteiger partial charge >= 0.3 is 0 Å². The maximum atomic E-state index is 6.21. The molecular weight excluding hydrogens is 336 g/mol. The third-order valence-electron chi connectivity index (χ3n) is 5.94. The van der Waals surface area contributed by atoms with Gasteiger partial charge in [0, 0.05) is 49.5 Å². The molecule has 0 amide bonds. The summed E-state index contributed by atoms with van der Waals surface area (Å²) >= 11 is 0. The van der Waals surface area contributed by atoms with Crippen molar-refractivity contribution in [2.24, 2.45) is 0 Å². The van der Waals surface area contributed by atoms with Gasteiger partial charge in [0.25, 0.3) is 0 Å². The summed E-state index contributed by atoms with van der Waals surface area (Å²) in [6.45, 7) is 12.9. The van der Waals surface area contributed by atoms with Crippen LogP contribution in [0.25, 0.3) is 0 Å². The van der Waals surface area contributed by atoms with E-state index < -0.39 is 0 Å². The standard InChI is InChI=1S/C23H30N2O2/c1-16-17(2)22-18(15-23(3,4)27-22)14-21(16)25-12-10-24(11-13-25)19-6-8-20(26-5)9-7-19/h6-9,14H,10-13,15H2,1-5H3. The highest BCUT2D eigenvalue weighted by molar-refractivity contribution is 5.65. The number of hydrogen-bond acceptors (Lipinski definition) is 4. The fourth-order valence-electron chi connectivity index (χ4n) is 4.31. The van der Waals surface area contributed by atoms with E-state index in [0.29, 0.717) is 0 Å². The molecule has 0 aliphatic carbocycles. The Kier molecular flexibility index (Phi) is 4.45. The first-order valence-corrected chi connectivity index (χ1v) is 9.84. The van der Waals surface area contributed by atoms with E-state index in [0.717, 1.165) is 44.1 Å². The molecule has 144 valence electrons. The van der Waals surface area contributed by atoms with E-state index in [4.69, 9.17) is 9.47 Å². The van der Waals surface area contributed by atoms with E-state index in [1.165, 1.54) is 28.1 Å². The molecule has 0 unspecified atom stereocenters. The summed E-state index contributed by atoms with van der Waals surface area (Å²) in [5, 5.41) is 0. The minimum absolute atomic E-state index is 0.0920. The number of piperazine rings is 1. The van der Waals surface area contributed by atoms with Gasteiger partial charge in [-0.2, -0.15) is 0 Å². The second-order valence-corrected chi connectivity index (χ2v) is 8.34. The lowest BCUT2D eigenvalue weighted by molar-refractivity contribution is 0.137. The van der Waals surface area contributed by atoms with Crippen LogP contribution in [0.2, 0.25) is 0 Å². The fourth-order valence-corrected chi connectivity index (χ4v) is 4.31. The largest absolute Gasteiger partial charge is 0.497 e. The predicted octanol–water partition coefficient (Wildman–Crippen LogP) is 4.35. The summed E-state index contributed by atoms with van der Waals surface area (Å²) in [4.78, 5) is 4.99. The molecule has 2 aromatic carbocycles. The number of ether oxygens (including phenoxy) is 2. The molecule has 2 aliphatic heterocycles. The molecule has 4 nitrogen and oxygen atoms in total. The third-order valence-corrected chi connectivity index (χ3v) is 5.94. The zero-order chi connectivity index (χ0) is 19.2. The smallest absolute Gasteiger partial charge is 0.126 e. The molecule has 1 saturated heterocycles. The molecule has 2 aromatic rings. The summed E-state index contributed by atoms with van der Waals surface area (Å²) in [6, 6.07) is 10.8. The predicted molar refractivity (Wildman–Crippen MR) is 112 cm³/mol. The number of anilines is 2. The number of nitrogens with zero attached hydrogens (tertiary/aromatic N) is 2. The van der Waals surface area contributed by atoms with Gasteiger partial charge in [-0.1, -0.05) is 0 Å². The van der Waals surface area contributed by atoms with E-state index >= 15 is 0 Å². The molecular formula is C23H30N2O2. The van der Waals surface area contributed by atoms with Crippen LogP contribution in [0.15, 0.2) is 30.3 Å². The molecule has 2 heterocycles. The average molecular weight is 367 g/mol. The van der Waals surface area contributed by atoms with Crippen LogP contribution >= 0.6 is 0 Å². The molecule has 2 aliphatic rings. The summed E-state index contributed by atoms with van der Waals surface area (Å²) in [5.41, 5.74) is 6.56. The second-order valence-electron chi connectivity index (χ2n) is 8.34. The minimum atomic E-state index is -0.0920. The fraction of sp³-hybridized carbons (Fsp3) is 0.478. The van der Waals surface area contributed by atoms with Crippen molar-refractivity contribution in [3.05, 3.63) is 47.0 Å². The highest BCUT2D eigenvalue weighted by Crippen LogP contribution is 2.42. The quantitative estimate of drug-likeness (QED) is 0.806. The topological polar surface area (TPSA) is 24.9 Å². The van der Waals surface area contributed by atoms with Crippen molar-refractivity contribution < 1.29 is 9.47 Å². The Hall–Kier alpha value is -2.36. The van der Waals surface area contributed by atoms with E-state index in [-0.39, 0.29) is 5.60 Å². The Morgan fingerprint density at radius 3 is 2.19 bits per heavy atom. The van der Waals surface area contributed by atoms with Gasteiger partial charge in [-0.25, -0.2) is 0 Å². The van der Waals surface area contributed by atoms with Crippen LogP contribution in [-0.2, 0) is 6.42 Å². The molecule has 0 spiro atoms. The molecule has 1 fully saturated rings. The molecule has 0 aromatic heterocycles. The summed E-state index contributed by atoms with van der Waals surface area (Å²) in [5.74, 6) is 2.02. The van der Waals surface area contributed by atoms with Crippen LogP contribution in [0.5, 0.6) is 11.5 Å². The van der Waals surface area contributed by atoms with E-state index in [9.17, 15) is 0 Å². The van der Waals surface area contributed by atoms with Crippen molar-refractivity contribution in [2.75, 3.05) is 43.1 Å². The second kappa shape index (κ2) is 6.66. The lowest BCUT2D eigenvalue weighted by Gasteiger charge is -2.38. The van der Waals surface area contributed by atoms with Crippen LogP contribution in [-0.4, -0.2) is 38.9 Å². The van der Waals surface area contributed by atoms with Gasteiger partial charge in [-0.3, -0.25) is 0 Å². The maximum absolute atomic E-state index is 6.21. The highest BCUT2D eigenvalue weighted by atomic mass is 16.5. The zero-order valence-corrected chi connectivity index (χ0v) is 17.1. The van der Waals surface area contributed by atoms with Crippen molar-refractivity contribution in [1.82, 2.24) is 0 Å². The molecule has 0 bridgehead atoms. The van der Waals surface area contributed by atoms with Crippen molar-refractivity contribution in [3.63, 3.8) is 0 Å². The van der Waals surface area contributed by atoms with Crippen molar-refractivity contribution in [2.45, 2.75) is 39.7 Å². The Labute approximate surface area is 162 Å². The Balaban J connectivity index is 1.51. The van der Waals surface area contributed by atoms with Gasteiger partial charge in [0.1, 0.15) is 17.1 Å². The number of benzene rings is 2. The molecule has 0 N–H and O–H groups in total. The lowest BCUT2D eigenvalue weighted by atomic mass is 9.96. The van der Waals surface area contributed by atoms with Gasteiger partial charge in [-0.15, -0.1) is 0 Å². The monoisotopic (exact) mass is 366 g/mol. The van der Waals surface area contributed by atoms with E-state index in [1.54, 1.807) is 7.11 Å². The highest BCUT2D eigenvalue weighted by Gasteiger charge is 2.33. The van der Waals surface area contributed by atoms with Gasteiger partial charge in [0.2, 0.25) is 0 Å². The molecule has 4 heteroatoms. The molecule has 4 rings (SSSR count). The number of rotatable bonds is 3. The molecule has 0 atom stereocenters. The average Bonchev–Trinajstić information content (AvgIpc) is 2.99. The molecule has 0 radical (unpaired) electrons. The first-order chi connectivity index (χ1) is 12.9. The van der Waals surface area contributed by atoms with Crippen molar-refractivity contribution >= 4 is 11.4 Å². The Morgan fingerprint density at radius 1 is 0.926 bits per heavy atom. The SMILES string of the molecule is COc1ccc(N2CCN(c3cc4c(c(C)c3C)OC(C)(C)C4)CC2)cc1. The number of hydrogen-bond donors (Lipinski definition) is 0. The maximum Gasteiger partial charge on any atom is 0.126 e. The van der Waals surface area contributed by atoms with Crippen LogP contribution < -0.4 is 19.3 Å². The van der Waals surface area contributed by atoms with E-state index in [2.05, 4.69) is 55.7 Å². The van der Waals surface area contributed by atoms with Crippen LogP contribution in [0, 0.1) is 13.8 Å². The van der Waals surface area contributed by atoms with Gasteiger partial charge in [-0.05, 0) is 69.2 Å². The van der Waals surface area contributed by atoms with Gasteiger partial charge in [0.05, 0.1) is 7.11 Å². The summed E-state index contributed by atoms with van der Waals surface area (Å²) < 4.78 is 11.5. The molecule has 0 saturated carbocycles. The summed E-state index contributed by atoms with van der Waals surface area (Å²) in [7, 11) is 1.71. The normalized spacial score (nSPS) is 18.3. The third kappa shape index (κ3) is 3.33. The van der Waals surface area contributed by atoms with E-state index in [1.807, 2.05) is 12.1 Å². The Bertz CT molecular complexity index is 834. The minimum Gasteiger partial charge on any atom is -0.497 e. The van der Waals surface area contributed by atoms with Crippen molar-refractivity contribution in [3.8, 4) is 11.5 Å². The van der Waals surface area contributed by atoms with Gasteiger partial charge in [0.15, 0.2) is 0 Å². The zero-order valence-electron chi connectivity index (χ0n) is 17.1. The first kappa shape index (κ1) is 18.0. The lowest BCUT2D eigenvalue weighted by Crippen LogP contribution is -2.46. The molecule has 27 heavy (non-hydrogen) atoms. The van der Waals surface area contributed by atoms with Crippen molar-refractivity contribution in [1.29, 1.82) is 0 Å². The number of methoxy groups -OCH3 is 1. The first-order valence-electron chi connectivity index (χ1n) is 9.84. The van der Waals surface area contributed by atoms with Crippen LogP contribution in [0.3, 0.4) is 0 Å². The number of fused-ring (bicyclic) bond motifs is 1. The van der Waals surface area contributed by atoms with Gasteiger partial charge < -0.3 is 19.3 Å².